The molecule has 0 aliphatic carbocycles. The topological polar surface area (TPSA) is 41.6 Å². The zero-order valence-corrected chi connectivity index (χ0v) is 16.0. The standard InChI is InChI=1S/C21H25ClN2O2/c1-21(2,26-18-10-8-17(22)9-11-18)20(25)19(16-6-4-3-5-7-16)24-14-12-23-13-15-24/h3-11,19,23H,12-15H2,1-2H3. The fourth-order valence-electron chi connectivity index (χ4n) is 3.28. The largest absolute Gasteiger partial charge is 0.480 e. The number of nitrogens with zero attached hydrogens (tertiary/aromatic N) is 1. The summed E-state index contributed by atoms with van der Waals surface area (Å²) < 4.78 is 6.06. The minimum atomic E-state index is -0.959. The van der Waals surface area contributed by atoms with Gasteiger partial charge >= 0.3 is 0 Å². The summed E-state index contributed by atoms with van der Waals surface area (Å²) in [5.74, 6) is 0.695. The van der Waals surface area contributed by atoms with Gasteiger partial charge in [-0.3, -0.25) is 9.69 Å². The lowest BCUT2D eigenvalue weighted by molar-refractivity contribution is -0.138. The molecule has 2 aromatic carbocycles. The zero-order valence-electron chi connectivity index (χ0n) is 15.2. The molecule has 0 radical (unpaired) electrons. The lowest BCUT2D eigenvalue weighted by Crippen LogP contribution is -2.52. The van der Waals surface area contributed by atoms with Crippen LogP contribution in [-0.4, -0.2) is 42.5 Å². The number of Topliss-reactive ketones (excluding diaryl/α,β-unsaturated/α-hetero) is 1. The third kappa shape index (κ3) is 4.44. The normalized spacial score (nSPS) is 16.9. The summed E-state index contributed by atoms with van der Waals surface area (Å²) in [6.45, 7) is 7.11. The van der Waals surface area contributed by atoms with Gasteiger partial charge < -0.3 is 10.1 Å². The Kier molecular flexibility index (Phi) is 5.97. The van der Waals surface area contributed by atoms with E-state index in [1.54, 1.807) is 24.3 Å². The van der Waals surface area contributed by atoms with Crippen LogP contribution in [0.25, 0.3) is 0 Å². The van der Waals surface area contributed by atoms with E-state index >= 15 is 0 Å². The molecule has 1 aliphatic heterocycles. The summed E-state index contributed by atoms with van der Waals surface area (Å²) in [6, 6.07) is 16.8. The van der Waals surface area contributed by atoms with E-state index in [0.717, 1.165) is 31.7 Å². The van der Waals surface area contributed by atoms with Crippen molar-refractivity contribution in [2.75, 3.05) is 26.2 Å². The first-order chi connectivity index (χ1) is 12.5. The fourth-order valence-corrected chi connectivity index (χ4v) is 3.41. The highest BCUT2D eigenvalue weighted by Gasteiger charge is 2.39. The Morgan fingerprint density at radius 2 is 1.69 bits per heavy atom. The quantitative estimate of drug-likeness (QED) is 0.839. The van der Waals surface area contributed by atoms with E-state index in [9.17, 15) is 4.79 Å². The Morgan fingerprint density at radius 3 is 2.31 bits per heavy atom. The summed E-state index contributed by atoms with van der Waals surface area (Å²) in [5.41, 5.74) is 0.0475. The van der Waals surface area contributed by atoms with Gasteiger partial charge in [0.1, 0.15) is 5.75 Å². The summed E-state index contributed by atoms with van der Waals surface area (Å²) in [6.07, 6.45) is 0. The molecule has 1 aliphatic rings. The third-order valence-corrected chi connectivity index (χ3v) is 4.91. The van der Waals surface area contributed by atoms with Gasteiger partial charge in [-0.05, 0) is 43.7 Å². The second kappa shape index (κ2) is 8.21. The van der Waals surface area contributed by atoms with Crippen molar-refractivity contribution in [1.29, 1.82) is 0 Å². The number of halogens is 1. The van der Waals surface area contributed by atoms with Gasteiger partial charge in [0.15, 0.2) is 11.4 Å². The minimum Gasteiger partial charge on any atom is -0.480 e. The van der Waals surface area contributed by atoms with Crippen LogP contribution in [0.15, 0.2) is 54.6 Å². The Hall–Kier alpha value is -1.88. The molecule has 1 fully saturated rings. The molecule has 0 amide bonds. The van der Waals surface area contributed by atoms with Crippen LogP contribution < -0.4 is 10.1 Å². The zero-order chi connectivity index (χ0) is 18.6. The molecule has 0 spiro atoms. The van der Waals surface area contributed by atoms with Gasteiger partial charge in [0.05, 0.1) is 6.04 Å². The molecular weight excluding hydrogens is 348 g/mol. The van der Waals surface area contributed by atoms with Gasteiger partial charge in [0.25, 0.3) is 0 Å². The van der Waals surface area contributed by atoms with E-state index in [1.165, 1.54) is 0 Å². The molecule has 5 heteroatoms. The number of ether oxygens (including phenoxy) is 1. The van der Waals surface area contributed by atoms with Crippen LogP contribution in [-0.2, 0) is 4.79 Å². The van der Waals surface area contributed by atoms with E-state index in [-0.39, 0.29) is 11.8 Å². The van der Waals surface area contributed by atoms with E-state index in [4.69, 9.17) is 16.3 Å². The van der Waals surface area contributed by atoms with E-state index in [2.05, 4.69) is 10.2 Å². The Balaban J connectivity index is 1.86. The first-order valence-corrected chi connectivity index (χ1v) is 9.34. The molecule has 2 aromatic rings. The predicted molar refractivity (Wildman–Crippen MR) is 105 cm³/mol. The Labute approximate surface area is 160 Å². The molecule has 3 rings (SSSR count). The van der Waals surface area contributed by atoms with E-state index in [0.29, 0.717) is 10.8 Å². The maximum absolute atomic E-state index is 13.5. The van der Waals surface area contributed by atoms with Gasteiger partial charge in [-0.2, -0.15) is 0 Å². The number of benzene rings is 2. The van der Waals surface area contributed by atoms with Gasteiger partial charge in [0, 0.05) is 31.2 Å². The number of carbonyl (C=O) groups excluding carboxylic acids is 1. The van der Waals surface area contributed by atoms with Crippen LogP contribution in [0.3, 0.4) is 0 Å². The Bertz CT molecular complexity index is 725. The molecule has 0 aromatic heterocycles. The lowest BCUT2D eigenvalue weighted by Gasteiger charge is -2.38. The molecular formula is C21H25ClN2O2. The van der Waals surface area contributed by atoms with Crippen molar-refractivity contribution in [3.05, 3.63) is 65.2 Å². The average molecular weight is 373 g/mol. The van der Waals surface area contributed by atoms with Crippen LogP contribution in [0.4, 0.5) is 0 Å². The van der Waals surface area contributed by atoms with Gasteiger partial charge in [-0.15, -0.1) is 0 Å². The molecule has 4 nitrogen and oxygen atoms in total. The molecule has 1 atom stereocenters. The number of carbonyl (C=O) groups is 1. The lowest BCUT2D eigenvalue weighted by atomic mass is 9.90. The van der Waals surface area contributed by atoms with Crippen molar-refractivity contribution in [3.8, 4) is 5.75 Å². The first kappa shape index (κ1) is 18.9. The van der Waals surface area contributed by atoms with E-state index < -0.39 is 5.60 Å². The minimum absolute atomic E-state index is 0.0561. The smallest absolute Gasteiger partial charge is 0.197 e. The fraction of sp³-hybridized carbons (Fsp3) is 0.381. The average Bonchev–Trinajstić information content (AvgIpc) is 2.65. The van der Waals surface area contributed by atoms with Crippen LogP contribution in [0.2, 0.25) is 5.02 Å². The highest BCUT2D eigenvalue weighted by Crippen LogP contribution is 2.30. The SMILES string of the molecule is CC(C)(Oc1ccc(Cl)cc1)C(=O)C(c1ccccc1)N1CCNCC1. The van der Waals surface area contributed by atoms with Gasteiger partial charge in [-0.1, -0.05) is 41.9 Å². The van der Waals surface area contributed by atoms with Crippen molar-refractivity contribution >= 4 is 17.4 Å². The number of hydrogen-bond donors (Lipinski definition) is 1. The second-order valence-electron chi connectivity index (χ2n) is 7.03. The Morgan fingerprint density at radius 1 is 1.08 bits per heavy atom. The molecule has 1 N–H and O–H groups in total. The molecule has 138 valence electrons. The number of piperazine rings is 1. The maximum Gasteiger partial charge on any atom is 0.197 e. The van der Waals surface area contributed by atoms with Crippen molar-refractivity contribution in [3.63, 3.8) is 0 Å². The van der Waals surface area contributed by atoms with Crippen molar-refractivity contribution in [2.24, 2.45) is 0 Å². The van der Waals surface area contributed by atoms with Crippen molar-refractivity contribution in [2.45, 2.75) is 25.5 Å². The van der Waals surface area contributed by atoms with Gasteiger partial charge in [0.2, 0.25) is 0 Å². The second-order valence-corrected chi connectivity index (χ2v) is 7.47. The number of hydrogen-bond acceptors (Lipinski definition) is 4. The molecule has 1 heterocycles. The summed E-state index contributed by atoms with van der Waals surface area (Å²) >= 11 is 5.94. The number of ketones is 1. The third-order valence-electron chi connectivity index (χ3n) is 4.66. The van der Waals surface area contributed by atoms with Crippen molar-refractivity contribution < 1.29 is 9.53 Å². The number of nitrogens with one attached hydrogen (secondary N) is 1. The monoisotopic (exact) mass is 372 g/mol. The summed E-state index contributed by atoms with van der Waals surface area (Å²) in [5, 5.41) is 3.99. The van der Waals surface area contributed by atoms with E-state index in [1.807, 2.05) is 44.2 Å². The van der Waals surface area contributed by atoms with Crippen LogP contribution >= 0.6 is 11.6 Å². The molecule has 1 unspecified atom stereocenters. The van der Waals surface area contributed by atoms with Crippen LogP contribution in [0.5, 0.6) is 5.75 Å². The molecule has 0 bridgehead atoms. The summed E-state index contributed by atoms with van der Waals surface area (Å²) in [7, 11) is 0. The molecule has 1 saturated heterocycles. The first-order valence-electron chi connectivity index (χ1n) is 8.96. The van der Waals surface area contributed by atoms with Crippen LogP contribution in [0, 0.1) is 0 Å². The predicted octanol–water partition coefficient (Wildman–Crippen LogP) is 3.71. The summed E-state index contributed by atoms with van der Waals surface area (Å²) in [4.78, 5) is 15.8. The molecule has 26 heavy (non-hydrogen) atoms. The van der Waals surface area contributed by atoms with Crippen molar-refractivity contribution in [1.82, 2.24) is 10.2 Å². The highest BCUT2D eigenvalue weighted by atomic mass is 35.5. The number of rotatable bonds is 6. The van der Waals surface area contributed by atoms with Gasteiger partial charge in [-0.25, -0.2) is 0 Å². The van der Waals surface area contributed by atoms with Crippen LogP contribution in [0.1, 0.15) is 25.5 Å². The maximum atomic E-state index is 13.5. The highest BCUT2D eigenvalue weighted by molar-refractivity contribution is 6.30. The molecule has 0 saturated carbocycles.